The first-order chi connectivity index (χ1) is 9.60. The number of nitrogens with one attached hydrogen (secondary N) is 1. The lowest BCUT2D eigenvalue weighted by Gasteiger charge is -2.26. The molecule has 0 spiro atoms. The van der Waals surface area contributed by atoms with Gasteiger partial charge in [-0.3, -0.25) is 9.78 Å². The number of carbonyl (C=O) groups excluding carboxylic acids is 2. The molecule has 1 rings (SSSR count). The van der Waals surface area contributed by atoms with Crippen molar-refractivity contribution in [2.24, 2.45) is 5.92 Å². The third-order valence-electron chi connectivity index (χ3n) is 2.45. The number of aromatic nitrogens is 2. The number of hydrogen-bond acceptors (Lipinski definition) is 5. The fourth-order valence-corrected chi connectivity index (χ4v) is 1.68. The van der Waals surface area contributed by atoms with E-state index in [4.69, 9.17) is 16.3 Å². The Morgan fingerprint density at radius 2 is 1.90 bits per heavy atom. The van der Waals surface area contributed by atoms with E-state index in [-0.39, 0.29) is 16.8 Å². The fraction of sp³-hybridized carbons (Fsp3) is 0.571. The second-order valence-corrected chi connectivity index (χ2v) is 6.34. The predicted octanol–water partition coefficient (Wildman–Crippen LogP) is 2.23. The molecule has 1 aromatic heterocycles. The van der Waals surface area contributed by atoms with Gasteiger partial charge in [0.1, 0.15) is 22.5 Å². The molecule has 0 bridgehead atoms. The number of ether oxygens (including phenoxy) is 1. The van der Waals surface area contributed by atoms with Gasteiger partial charge in [-0.15, -0.1) is 0 Å². The molecule has 6 nitrogen and oxygen atoms in total. The molecule has 7 heteroatoms. The van der Waals surface area contributed by atoms with E-state index in [0.717, 1.165) is 0 Å². The summed E-state index contributed by atoms with van der Waals surface area (Å²) in [4.78, 5) is 31.9. The summed E-state index contributed by atoms with van der Waals surface area (Å²) in [6.45, 7) is 8.95. The molecule has 116 valence electrons. The standard InChI is InChI=1S/C14H20ClN3O3/c1-8(2)11(13(20)21-14(3,4)5)18-12(19)9-6-16-7-10(15)17-9/h6-8,11H,1-5H3,(H,18,19)/t11-/m1/s1. The number of hydrogen-bond donors (Lipinski definition) is 1. The first-order valence-electron chi connectivity index (χ1n) is 6.61. The molecule has 1 atom stereocenters. The topological polar surface area (TPSA) is 81.2 Å². The predicted molar refractivity (Wildman–Crippen MR) is 79.0 cm³/mol. The van der Waals surface area contributed by atoms with Crippen molar-refractivity contribution in [3.8, 4) is 0 Å². The van der Waals surface area contributed by atoms with Crippen molar-refractivity contribution < 1.29 is 14.3 Å². The minimum atomic E-state index is -0.766. The maximum absolute atomic E-state index is 12.1. The molecule has 21 heavy (non-hydrogen) atoms. The molecule has 0 aromatic carbocycles. The van der Waals surface area contributed by atoms with Gasteiger partial charge in [0.15, 0.2) is 0 Å². The number of carbonyl (C=O) groups is 2. The molecule has 1 amide bonds. The number of halogens is 1. The average molecular weight is 314 g/mol. The molecule has 0 unspecified atom stereocenters. The van der Waals surface area contributed by atoms with Crippen molar-refractivity contribution in [3.63, 3.8) is 0 Å². The van der Waals surface area contributed by atoms with Gasteiger partial charge >= 0.3 is 5.97 Å². The van der Waals surface area contributed by atoms with Gasteiger partial charge in [-0.25, -0.2) is 9.78 Å². The summed E-state index contributed by atoms with van der Waals surface area (Å²) < 4.78 is 5.31. The second kappa shape index (κ2) is 6.85. The van der Waals surface area contributed by atoms with E-state index < -0.39 is 23.5 Å². The highest BCUT2D eigenvalue weighted by molar-refractivity contribution is 6.29. The number of esters is 1. The lowest BCUT2D eigenvalue weighted by molar-refractivity contribution is -0.158. The Balaban J connectivity index is 2.84. The zero-order valence-corrected chi connectivity index (χ0v) is 13.6. The van der Waals surface area contributed by atoms with Crippen LogP contribution in [0.2, 0.25) is 5.15 Å². The maximum atomic E-state index is 12.1. The summed E-state index contributed by atoms with van der Waals surface area (Å²) in [6.07, 6.45) is 2.61. The summed E-state index contributed by atoms with van der Waals surface area (Å²) in [5, 5.41) is 2.72. The molecule has 1 heterocycles. The maximum Gasteiger partial charge on any atom is 0.329 e. The Kier molecular flexibility index (Phi) is 5.66. The van der Waals surface area contributed by atoms with E-state index in [9.17, 15) is 9.59 Å². The third-order valence-corrected chi connectivity index (χ3v) is 2.63. The number of amides is 1. The van der Waals surface area contributed by atoms with Crippen LogP contribution in [-0.4, -0.2) is 33.5 Å². The molecular weight excluding hydrogens is 294 g/mol. The Bertz CT molecular complexity index is 526. The van der Waals surface area contributed by atoms with Crippen LogP contribution >= 0.6 is 11.6 Å². The Hall–Kier alpha value is -1.69. The highest BCUT2D eigenvalue weighted by Gasteiger charge is 2.29. The van der Waals surface area contributed by atoms with Crippen LogP contribution in [0.25, 0.3) is 0 Å². The lowest BCUT2D eigenvalue weighted by atomic mass is 10.0. The van der Waals surface area contributed by atoms with Crippen molar-refractivity contribution in [1.82, 2.24) is 15.3 Å². The third kappa shape index (κ3) is 5.67. The van der Waals surface area contributed by atoms with Crippen molar-refractivity contribution in [3.05, 3.63) is 23.2 Å². The first kappa shape index (κ1) is 17.4. The van der Waals surface area contributed by atoms with E-state index in [0.29, 0.717) is 0 Å². The molecule has 0 aliphatic rings. The lowest BCUT2D eigenvalue weighted by Crippen LogP contribution is -2.47. The van der Waals surface area contributed by atoms with Crippen LogP contribution in [0.3, 0.4) is 0 Å². The smallest absolute Gasteiger partial charge is 0.329 e. The van der Waals surface area contributed by atoms with Crippen molar-refractivity contribution in [2.45, 2.75) is 46.3 Å². The molecule has 0 radical (unpaired) electrons. The molecular formula is C14H20ClN3O3. The van der Waals surface area contributed by atoms with Gasteiger partial charge in [-0.1, -0.05) is 25.4 Å². The Labute approximate surface area is 129 Å². The first-order valence-corrected chi connectivity index (χ1v) is 6.99. The van der Waals surface area contributed by atoms with E-state index in [1.54, 1.807) is 20.8 Å². The van der Waals surface area contributed by atoms with Gasteiger partial charge in [0.05, 0.1) is 12.4 Å². The van der Waals surface area contributed by atoms with Crippen LogP contribution in [0.15, 0.2) is 12.4 Å². The zero-order valence-electron chi connectivity index (χ0n) is 12.8. The van der Waals surface area contributed by atoms with Crippen molar-refractivity contribution in [2.75, 3.05) is 0 Å². The van der Waals surface area contributed by atoms with Crippen LogP contribution in [0.5, 0.6) is 0 Å². The van der Waals surface area contributed by atoms with E-state index >= 15 is 0 Å². The van der Waals surface area contributed by atoms with Crippen LogP contribution in [0.1, 0.15) is 45.1 Å². The molecule has 0 saturated heterocycles. The monoisotopic (exact) mass is 313 g/mol. The largest absolute Gasteiger partial charge is 0.458 e. The SMILES string of the molecule is CC(C)[C@@H](NC(=O)c1cncc(Cl)n1)C(=O)OC(C)(C)C. The molecule has 1 N–H and O–H groups in total. The van der Waals surface area contributed by atoms with Gasteiger partial charge in [-0.05, 0) is 26.7 Å². The molecule has 0 aliphatic carbocycles. The quantitative estimate of drug-likeness (QED) is 0.862. The highest BCUT2D eigenvalue weighted by atomic mass is 35.5. The van der Waals surface area contributed by atoms with Gasteiger partial charge in [0, 0.05) is 0 Å². The van der Waals surface area contributed by atoms with Gasteiger partial charge in [-0.2, -0.15) is 0 Å². The van der Waals surface area contributed by atoms with Gasteiger partial charge < -0.3 is 10.1 Å². The van der Waals surface area contributed by atoms with Crippen molar-refractivity contribution in [1.29, 1.82) is 0 Å². The van der Waals surface area contributed by atoms with Gasteiger partial charge in [0.25, 0.3) is 5.91 Å². The van der Waals surface area contributed by atoms with Crippen LogP contribution in [-0.2, 0) is 9.53 Å². The van der Waals surface area contributed by atoms with Gasteiger partial charge in [0.2, 0.25) is 0 Å². The minimum absolute atomic E-state index is 0.0525. The Morgan fingerprint density at radius 3 is 2.38 bits per heavy atom. The molecule has 0 fully saturated rings. The van der Waals surface area contributed by atoms with E-state index in [2.05, 4.69) is 15.3 Å². The van der Waals surface area contributed by atoms with Crippen LogP contribution in [0.4, 0.5) is 0 Å². The fourth-order valence-electron chi connectivity index (χ4n) is 1.53. The van der Waals surface area contributed by atoms with Crippen molar-refractivity contribution >= 4 is 23.5 Å². The van der Waals surface area contributed by atoms with Crippen LogP contribution in [0, 0.1) is 5.92 Å². The number of nitrogens with zero attached hydrogens (tertiary/aromatic N) is 2. The average Bonchev–Trinajstić information content (AvgIpc) is 2.32. The zero-order chi connectivity index (χ0) is 16.2. The second-order valence-electron chi connectivity index (χ2n) is 5.96. The minimum Gasteiger partial charge on any atom is -0.458 e. The van der Waals surface area contributed by atoms with Crippen LogP contribution < -0.4 is 5.32 Å². The summed E-state index contributed by atoms with van der Waals surface area (Å²) in [5.74, 6) is -1.13. The molecule has 0 aliphatic heterocycles. The summed E-state index contributed by atoms with van der Waals surface area (Å²) in [7, 11) is 0. The molecule has 1 aromatic rings. The summed E-state index contributed by atoms with van der Waals surface area (Å²) >= 11 is 5.69. The van der Waals surface area contributed by atoms with E-state index in [1.165, 1.54) is 12.4 Å². The normalized spacial score (nSPS) is 12.9. The summed E-state index contributed by atoms with van der Waals surface area (Å²) in [6, 6.07) is -0.766. The summed E-state index contributed by atoms with van der Waals surface area (Å²) in [5.41, 5.74) is -0.568. The Morgan fingerprint density at radius 1 is 1.29 bits per heavy atom. The van der Waals surface area contributed by atoms with E-state index in [1.807, 2.05) is 13.8 Å². The number of rotatable bonds is 4. The highest BCUT2D eigenvalue weighted by Crippen LogP contribution is 2.13. The molecule has 0 saturated carbocycles.